The van der Waals surface area contributed by atoms with Crippen LogP contribution in [0.2, 0.25) is 0 Å². The molecule has 118 valence electrons. The van der Waals surface area contributed by atoms with Crippen molar-refractivity contribution >= 4 is 11.0 Å². The van der Waals surface area contributed by atoms with E-state index in [-0.39, 0.29) is 5.82 Å². The van der Waals surface area contributed by atoms with E-state index >= 15 is 0 Å². The molecule has 0 radical (unpaired) electrons. The molecule has 23 heavy (non-hydrogen) atoms. The molecule has 0 atom stereocenters. The largest absolute Gasteiger partial charge is 0.244 e. The standard InChI is InChI=1S/C19H20FN3/c1-2-3-4-5-6-17-19-18(22-13-21-17)12-11-16(23-19)14-7-9-15(20)10-8-14/h7-13H,2-6H2,1H3. The van der Waals surface area contributed by atoms with Crippen molar-refractivity contribution in [1.82, 2.24) is 15.0 Å². The molecule has 0 unspecified atom stereocenters. The molecule has 0 aliphatic heterocycles. The van der Waals surface area contributed by atoms with Crippen LogP contribution in [-0.2, 0) is 6.42 Å². The minimum Gasteiger partial charge on any atom is -0.244 e. The Kier molecular flexibility index (Phi) is 4.91. The van der Waals surface area contributed by atoms with Crippen molar-refractivity contribution in [3.63, 3.8) is 0 Å². The molecule has 0 fully saturated rings. The van der Waals surface area contributed by atoms with Crippen molar-refractivity contribution in [2.24, 2.45) is 0 Å². The van der Waals surface area contributed by atoms with Gasteiger partial charge in [-0.15, -0.1) is 0 Å². The van der Waals surface area contributed by atoms with Crippen molar-refractivity contribution in [2.75, 3.05) is 0 Å². The number of unbranched alkanes of at least 4 members (excludes halogenated alkanes) is 3. The Bertz CT molecular complexity index is 784. The molecule has 0 saturated carbocycles. The Hall–Kier alpha value is -2.36. The van der Waals surface area contributed by atoms with Gasteiger partial charge >= 0.3 is 0 Å². The fraction of sp³-hybridized carbons (Fsp3) is 0.316. The van der Waals surface area contributed by atoms with Gasteiger partial charge in [0.25, 0.3) is 0 Å². The van der Waals surface area contributed by atoms with Gasteiger partial charge in [0.05, 0.1) is 16.9 Å². The molecule has 0 N–H and O–H groups in total. The maximum Gasteiger partial charge on any atom is 0.123 e. The van der Waals surface area contributed by atoms with Crippen LogP contribution in [-0.4, -0.2) is 15.0 Å². The quantitative estimate of drug-likeness (QED) is 0.604. The first-order valence-electron chi connectivity index (χ1n) is 8.14. The summed E-state index contributed by atoms with van der Waals surface area (Å²) in [6, 6.07) is 10.3. The van der Waals surface area contributed by atoms with Gasteiger partial charge in [0.15, 0.2) is 0 Å². The summed E-state index contributed by atoms with van der Waals surface area (Å²) in [4.78, 5) is 13.4. The van der Waals surface area contributed by atoms with Crippen LogP contribution in [0, 0.1) is 5.82 Å². The zero-order valence-corrected chi connectivity index (χ0v) is 13.3. The Morgan fingerprint density at radius 2 is 1.74 bits per heavy atom. The predicted octanol–water partition coefficient (Wildman–Crippen LogP) is 4.95. The van der Waals surface area contributed by atoms with Gasteiger partial charge in [0.1, 0.15) is 17.7 Å². The molecule has 3 rings (SSSR count). The average molecular weight is 309 g/mol. The monoisotopic (exact) mass is 309 g/mol. The van der Waals surface area contributed by atoms with E-state index in [4.69, 9.17) is 4.98 Å². The lowest BCUT2D eigenvalue weighted by molar-refractivity contribution is 0.628. The highest BCUT2D eigenvalue weighted by Gasteiger charge is 2.08. The topological polar surface area (TPSA) is 38.7 Å². The molecule has 0 aliphatic carbocycles. The summed E-state index contributed by atoms with van der Waals surface area (Å²) in [5.41, 5.74) is 4.42. The van der Waals surface area contributed by atoms with Gasteiger partial charge in [0, 0.05) is 5.56 Å². The summed E-state index contributed by atoms with van der Waals surface area (Å²) in [6.07, 6.45) is 7.31. The SMILES string of the molecule is CCCCCCc1ncnc2ccc(-c3ccc(F)cc3)nc12. The summed E-state index contributed by atoms with van der Waals surface area (Å²) in [5, 5.41) is 0. The first-order chi connectivity index (χ1) is 11.3. The molecule has 3 nitrogen and oxygen atoms in total. The molecule has 0 saturated heterocycles. The molecular formula is C19H20FN3. The van der Waals surface area contributed by atoms with Crippen LogP contribution in [0.5, 0.6) is 0 Å². The molecule has 3 aromatic rings. The first kappa shape index (κ1) is 15.5. The van der Waals surface area contributed by atoms with Crippen LogP contribution >= 0.6 is 0 Å². The summed E-state index contributed by atoms with van der Waals surface area (Å²) in [5.74, 6) is -0.241. The highest BCUT2D eigenvalue weighted by atomic mass is 19.1. The van der Waals surface area contributed by atoms with Gasteiger partial charge in [0.2, 0.25) is 0 Å². The smallest absolute Gasteiger partial charge is 0.123 e. The van der Waals surface area contributed by atoms with Crippen molar-refractivity contribution in [1.29, 1.82) is 0 Å². The minimum atomic E-state index is -0.241. The number of benzene rings is 1. The number of aromatic nitrogens is 3. The zero-order chi connectivity index (χ0) is 16.1. The lowest BCUT2D eigenvalue weighted by Gasteiger charge is -2.07. The van der Waals surface area contributed by atoms with E-state index in [9.17, 15) is 4.39 Å². The van der Waals surface area contributed by atoms with E-state index in [2.05, 4.69) is 16.9 Å². The number of hydrogen-bond donors (Lipinski definition) is 0. The number of hydrogen-bond acceptors (Lipinski definition) is 3. The van der Waals surface area contributed by atoms with E-state index in [0.717, 1.165) is 40.8 Å². The lowest BCUT2D eigenvalue weighted by atomic mass is 10.1. The van der Waals surface area contributed by atoms with E-state index in [1.54, 1.807) is 18.5 Å². The lowest BCUT2D eigenvalue weighted by Crippen LogP contribution is -1.97. The number of rotatable bonds is 6. The van der Waals surface area contributed by atoms with Crippen molar-refractivity contribution < 1.29 is 4.39 Å². The van der Waals surface area contributed by atoms with Crippen LogP contribution in [0.1, 0.15) is 38.3 Å². The number of halogens is 1. The Morgan fingerprint density at radius 3 is 2.52 bits per heavy atom. The van der Waals surface area contributed by atoms with Crippen LogP contribution in [0.15, 0.2) is 42.7 Å². The number of pyridine rings is 1. The second-order valence-corrected chi connectivity index (χ2v) is 5.70. The van der Waals surface area contributed by atoms with Gasteiger partial charge in [-0.3, -0.25) is 0 Å². The van der Waals surface area contributed by atoms with Crippen LogP contribution in [0.3, 0.4) is 0 Å². The molecule has 4 heteroatoms. The summed E-state index contributed by atoms with van der Waals surface area (Å²) in [6.45, 7) is 2.20. The van der Waals surface area contributed by atoms with Crippen molar-refractivity contribution in [2.45, 2.75) is 39.0 Å². The molecule has 0 amide bonds. The highest BCUT2D eigenvalue weighted by molar-refractivity contribution is 5.79. The molecular weight excluding hydrogens is 289 g/mol. The fourth-order valence-corrected chi connectivity index (χ4v) is 2.67. The highest BCUT2D eigenvalue weighted by Crippen LogP contribution is 2.22. The second kappa shape index (κ2) is 7.27. The van der Waals surface area contributed by atoms with E-state index in [1.165, 1.54) is 31.4 Å². The number of fused-ring (bicyclic) bond motifs is 1. The molecule has 0 bridgehead atoms. The fourth-order valence-electron chi connectivity index (χ4n) is 2.67. The maximum absolute atomic E-state index is 13.1. The molecule has 2 aromatic heterocycles. The first-order valence-corrected chi connectivity index (χ1v) is 8.14. The van der Waals surface area contributed by atoms with Crippen LogP contribution < -0.4 is 0 Å². The summed E-state index contributed by atoms with van der Waals surface area (Å²) in [7, 11) is 0. The van der Waals surface area contributed by atoms with Gasteiger partial charge in [-0.2, -0.15) is 0 Å². The maximum atomic E-state index is 13.1. The molecule has 1 aromatic carbocycles. The van der Waals surface area contributed by atoms with Crippen molar-refractivity contribution in [3.05, 3.63) is 54.2 Å². The van der Waals surface area contributed by atoms with E-state index < -0.39 is 0 Å². The zero-order valence-electron chi connectivity index (χ0n) is 13.3. The normalized spacial score (nSPS) is 11.0. The summed E-state index contributed by atoms with van der Waals surface area (Å²) >= 11 is 0. The third-order valence-electron chi connectivity index (χ3n) is 3.96. The Balaban J connectivity index is 1.92. The molecule has 0 spiro atoms. The third kappa shape index (κ3) is 3.70. The van der Waals surface area contributed by atoms with E-state index in [0.29, 0.717) is 0 Å². The van der Waals surface area contributed by atoms with Crippen molar-refractivity contribution in [3.8, 4) is 11.3 Å². The average Bonchev–Trinajstić information content (AvgIpc) is 2.59. The molecule has 2 heterocycles. The number of nitrogens with zero attached hydrogens (tertiary/aromatic N) is 3. The Morgan fingerprint density at radius 1 is 0.913 bits per heavy atom. The van der Waals surface area contributed by atoms with Crippen LogP contribution in [0.25, 0.3) is 22.3 Å². The third-order valence-corrected chi connectivity index (χ3v) is 3.96. The number of aryl methyl sites for hydroxylation is 1. The van der Waals surface area contributed by atoms with Gasteiger partial charge in [-0.05, 0) is 49.2 Å². The second-order valence-electron chi connectivity index (χ2n) is 5.70. The van der Waals surface area contributed by atoms with E-state index in [1.807, 2.05) is 12.1 Å². The molecule has 0 aliphatic rings. The van der Waals surface area contributed by atoms with Gasteiger partial charge in [-0.1, -0.05) is 26.2 Å². The van der Waals surface area contributed by atoms with Crippen LogP contribution in [0.4, 0.5) is 4.39 Å². The Labute approximate surface area is 135 Å². The van der Waals surface area contributed by atoms with Gasteiger partial charge < -0.3 is 0 Å². The van der Waals surface area contributed by atoms with Gasteiger partial charge in [-0.25, -0.2) is 19.3 Å². The summed E-state index contributed by atoms with van der Waals surface area (Å²) < 4.78 is 13.1. The predicted molar refractivity (Wildman–Crippen MR) is 90.6 cm³/mol. The minimum absolute atomic E-state index is 0.241.